The Morgan fingerprint density at radius 2 is 2.29 bits per heavy atom. The first-order valence-electron chi connectivity index (χ1n) is 5.47. The third-order valence-corrected chi connectivity index (χ3v) is 2.51. The lowest BCUT2D eigenvalue weighted by molar-refractivity contribution is 1.27. The molecule has 2 rings (SSSR count). The number of imidazole rings is 1. The largest absolute Gasteiger partial charge is 0.337 e. The highest BCUT2D eigenvalue weighted by Crippen LogP contribution is 2.14. The Kier molecular flexibility index (Phi) is 3.19. The molecular formula is C14H15N3. The van der Waals surface area contributed by atoms with Crippen molar-refractivity contribution < 1.29 is 0 Å². The Morgan fingerprint density at radius 3 is 3.00 bits per heavy atom. The molecule has 1 aromatic heterocycles. The smallest absolute Gasteiger partial charge is 0.156 e. The molecule has 3 heteroatoms. The van der Waals surface area contributed by atoms with E-state index in [4.69, 9.17) is 0 Å². The lowest BCUT2D eigenvalue weighted by Gasteiger charge is -1.93. The first-order valence-corrected chi connectivity index (χ1v) is 5.47. The number of aromatic nitrogens is 2. The second-order valence-electron chi connectivity index (χ2n) is 3.81. The molecule has 0 aliphatic heterocycles. The summed E-state index contributed by atoms with van der Waals surface area (Å²) in [5.41, 5.74) is 4.02. The van der Waals surface area contributed by atoms with Crippen LogP contribution in [0.5, 0.6) is 0 Å². The zero-order valence-electron chi connectivity index (χ0n) is 10.1. The van der Waals surface area contributed by atoms with Crippen LogP contribution in [-0.2, 0) is 0 Å². The molecule has 1 heterocycles. The summed E-state index contributed by atoms with van der Waals surface area (Å²) < 4.78 is 0. The minimum Gasteiger partial charge on any atom is -0.337 e. The first kappa shape index (κ1) is 11.3. The summed E-state index contributed by atoms with van der Waals surface area (Å²) in [6.45, 7) is 5.70. The Labute approximate surface area is 101 Å². The maximum Gasteiger partial charge on any atom is 0.156 e. The molecule has 3 nitrogen and oxygen atoms in total. The third kappa shape index (κ3) is 2.33. The maximum absolute atomic E-state index is 4.51. The molecule has 1 aromatic carbocycles. The zero-order valence-corrected chi connectivity index (χ0v) is 10.1. The van der Waals surface area contributed by atoms with E-state index in [2.05, 4.69) is 40.6 Å². The summed E-state index contributed by atoms with van der Waals surface area (Å²) in [6, 6.07) is 6.14. The number of rotatable bonds is 3. The number of aliphatic imine (C=N–C) groups is 1. The van der Waals surface area contributed by atoms with E-state index in [0.717, 1.165) is 22.6 Å². The van der Waals surface area contributed by atoms with Crippen LogP contribution in [0.4, 0.5) is 0 Å². The summed E-state index contributed by atoms with van der Waals surface area (Å²) in [7, 11) is 1.75. The van der Waals surface area contributed by atoms with Gasteiger partial charge in [-0.2, -0.15) is 0 Å². The zero-order chi connectivity index (χ0) is 12.3. The predicted octanol–water partition coefficient (Wildman–Crippen LogP) is 3.03. The van der Waals surface area contributed by atoms with Crippen molar-refractivity contribution in [1.29, 1.82) is 0 Å². The molecule has 1 N–H and O–H groups in total. The Balaban J connectivity index is 2.48. The quantitative estimate of drug-likeness (QED) is 0.633. The van der Waals surface area contributed by atoms with Crippen LogP contribution in [0, 0.1) is 6.92 Å². The lowest BCUT2D eigenvalue weighted by atomic mass is 10.2. The van der Waals surface area contributed by atoms with Gasteiger partial charge in [-0.05, 0) is 30.7 Å². The number of nitrogens with one attached hydrogen (secondary N) is 1. The Morgan fingerprint density at radius 1 is 1.47 bits per heavy atom. The van der Waals surface area contributed by atoms with E-state index in [-0.39, 0.29) is 0 Å². The highest BCUT2D eigenvalue weighted by molar-refractivity contribution is 6.07. The molecule has 2 aromatic rings. The van der Waals surface area contributed by atoms with Crippen molar-refractivity contribution in [1.82, 2.24) is 9.97 Å². The van der Waals surface area contributed by atoms with Gasteiger partial charge in [0.15, 0.2) is 5.82 Å². The topological polar surface area (TPSA) is 41.0 Å². The van der Waals surface area contributed by atoms with Crippen molar-refractivity contribution in [3.8, 4) is 0 Å². The van der Waals surface area contributed by atoms with Crippen LogP contribution in [-0.4, -0.2) is 22.7 Å². The number of hydrogen-bond donors (Lipinski definition) is 1. The van der Waals surface area contributed by atoms with Crippen LogP contribution in [0.1, 0.15) is 11.4 Å². The number of aryl methyl sites for hydroxylation is 1. The molecule has 0 unspecified atom stereocenters. The monoisotopic (exact) mass is 225 g/mol. The van der Waals surface area contributed by atoms with Crippen LogP contribution in [0.3, 0.4) is 0 Å². The van der Waals surface area contributed by atoms with Crippen LogP contribution < -0.4 is 0 Å². The predicted molar refractivity (Wildman–Crippen MR) is 72.6 cm³/mol. The van der Waals surface area contributed by atoms with Gasteiger partial charge in [-0.1, -0.05) is 24.8 Å². The van der Waals surface area contributed by atoms with Crippen molar-refractivity contribution >= 4 is 16.7 Å². The summed E-state index contributed by atoms with van der Waals surface area (Å²) in [5, 5.41) is 0. The Bertz CT molecular complexity index is 603. The van der Waals surface area contributed by atoms with Crippen molar-refractivity contribution in [2.24, 2.45) is 4.99 Å². The molecular weight excluding hydrogens is 210 g/mol. The number of H-pyrrole nitrogens is 1. The molecule has 0 atom stereocenters. The van der Waals surface area contributed by atoms with E-state index in [1.165, 1.54) is 5.56 Å². The third-order valence-electron chi connectivity index (χ3n) is 2.51. The van der Waals surface area contributed by atoms with E-state index in [0.29, 0.717) is 0 Å². The van der Waals surface area contributed by atoms with Crippen molar-refractivity contribution in [3.63, 3.8) is 0 Å². The summed E-state index contributed by atoms with van der Waals surface area (Å²) in [4.78, 5) is 12.0. The van der Waals surface area contributed by atoms with Gasteiger partial charge in [0.05, 0.1) is 16.7 Å². The minimum atomic E-state index is 0.784. The fourth-order valence-electron chi connectivity index (χ4n) is 1.66. The van der Waals surface area contributed by atoms with Gasteiger partial charge >= 0.3 is 0 Å². The summed E-state index contributed by atoms with van der Waals surface area (Å²) >= 11 is 0. The van der Waals surface area contributed by atoms with E-state index >= 15 is 0 Å². The fraction of sp³-hybridized carbons (Fsp3) is 0.143. The molecule has 0 aliphatic rings. The van der Waals surface area contributed by atoms with Gasteiger partial charge in [0.25, 0.3) is 0 Å². The van der Waals surface area contributed by atoms with Gasteiger partial charge in [0.1, 0.15) is 0 Å². The first-order chi connectivity index (χ1) is 8.24. The number of fused-ring (bicyclic) bond motifs is 1. The van der Waals surface area contributed by atoms with Gasteiger partial charge < -0.3 is 4.98 Å². The standard InChI is InChI=1S/C14H15N3/c1-4-5-6-12(15-3)14-16-11-8-7-10(2)9-13(11)17-14/h4-9H,1H2,2-3H3,(H,16,17)/b6-5-,15-12?. The van der Waals surface area contributed by atoms with E-state index in [1.807, 2.05) is 18.2 Å². The average molecular weight is 225 g/mol. The van der Waals surface area contributed by atoms with E-state index < -0.39 is 0 Å². The Hall–Kier alpha value is -2.16. The van der Waals surface area contributed by atoms with Crippen molar-refractivity contribution in [2.75, 3.05) is 7.05 Å². The summed E-state index contributed by atoms with van der Waals surface area (Å²) in [6.07, 6.45) is 5.45. The van der Waals surface area contributed by atoms with Gasteiger partial charge in [-0.15, -0.1) is 0 Å². The number of hydrogen-bond acceptors (Lipinski definition) is 2. The second-order valence-corrected chi connectivity index (χ2v) is 3.81. The average Bonchev–Trinajstić information content (AvgIpc) is 2.72. The van der Waals surface area contributed by atoms with Crippen molar-refractivity contribution in [2.45, 2.75) is 6.92 Å². The van der Waals surface area contributed by atoms with Crippen LogP contribution in [0.25, 0.3) is 11.0 Å². The second kappa shape index (κ2) is 4.78. The van der Waals surface area contributed by atoms with Crippen LogP contribution in [0.15, 0.2) is 48.0 Å². The summed E-state index contributed by atoms with van der Waals surface area (Å²) in [5.74, 6) is 0.784. The van der Waals surface area contributed by atoms with E-state index in [1.54, 1.807) is 13.1 Å². The number of allylic oxidation sites excluding steroid dienone is 3. The number of aromatic amines is 1. The van der Waals surface area contributed by atoms with Gasteiger partial charge in [-0.25, -0.2) is 4.98 Å². The molecule has 0 saturated heterocycles. The fourth-order valence-corrected chi connectivity index (χ4v) is 1.66. The van der Waals surface area contributed by atoms with Crippen LogP contribution in [0.2, 0.25) is 0 Å². The van der Waals surface area contributed by atoms with Crippen molar-refractivity contribution in [3.05, 3.63) is 54.4 Å². The molecule has 0 amide bonds. The molecule has 0 aliphatic carbocycles. The van der Waals surface area contributed by atoms with Gasteiger partial charge in [0, 0.05) is 7.05 Å². The molecule has 17 heavy (non-hydrogen) atoms. The normalized spacial score (nSPS) is 12.5. The van der Waals surface area contributed by atoms with E-state index in [9.17, 15) is 0 Å². The van der Waals surface area contributed by atoms with Crippen LogP contribution >= 0.6 is 0 Å². The minimum absolute atomic E-state index is 0.784. The lowest BCUT2D eigenvalue weighted by Crippen LogP contribution is -1.98. The molecule has 86 valence electrons. The highest BCUT2D eigenvalue weighted by Gasteiger charge is 2.06. The molecule has 0 saturated carbocycles. The van der Waals surface area contributed by atoms with Gasteiger partial charge in [0.2, 0.25) is 0 Å². The highest BCUT2D eigenvalue weighted by atomic mass is 14.9. The molecule has 0 bridgehead atoms. The number of benzene rings is 1. The molecule has 0 fully saturated rings. The maximum atomic E-state index is 4.51. The molecule has 0 radical (unpaired) electrons. The molecule has 0 spiro atoms. The SMILES string of the molecule is C=C/C=C\C(=NC)c1nc2ccc(C)cc2[nH]1. The van der Waals surface area contributed by atoms with Gasteiger partial charge in [-0.3, -0.25) is 4.99 Å². The number of nitrogens with zero attached hydrogens (tertiary/aromatic N) is 2.